The van der Waals surface area contributed by atoms with Gasteiger partial charge in [0.1, 0.15) is 0 Å². The van der Waals surface area contributed by atoms with Gasteiger partial charge in [0.05, 0.1) is 0 Å². The summed E-state index contributed by atoms with van der Waals surface area (Å²) < 4.78 is 16.1. The van der Waals surface area contributed by atoms with Gasteiger partial charge in [-0.3, -0.25) is 0 Å². The molecule has 528 valence electrons. The van der Waals surface area contributed by atoms with Crippen LogP contribution in [0.2, 0.25) is 26.6 Å². The summed E-state index contributed by atoms with van der Waals surface area (Å²) in [4.78, 5) is 28.7. The molecule has 0 aromatic heterocycles. The first-order valence-electron chi connectivity index (χ1n) is 40.2. The molecule has 0 rings (SSSR count). The molecule has 0 aliphatic heterocycles. The molecular formula is C80H166O5Sn3. The van der Waals surface area contributed by atoms with Gasteiger partial charge in [-0.15, -0.1) is 13.2 Å². The number of carbonyl (C=O) groups excluding carboxylic acids is 2. The van der Waals surface area contributed by atoms with Crippen LogP contribution in [0.5, 0.6) is 0 Å². The van der Waals surface area contributed by atoms with Crippen molar-refractivity contribution in [1.82, 2.24) is 0 Å². The fraction of sp³-hybridized carbons (Fsp3) is 0.975. The van der Waals surface area contributed by atoms with E-state index in [9.17, 15) is 19.8 Å². The van der Waals surface area contributed by atoms with Crippen molar-refractivity contribution in [3.63, 3.8) is 0 Å². The van der Waals surface area contributed by atoms with Gasteiger partial charge in [0, 0.05) is 0 Å². The van der Waals surface area contributed by atoms with Gasteiger partial charge < -0.3 is 10.2 Å². The Morgan fingerprint density at radius 2 is 0.477 bits per heavy atom. The van der Waals surface area contributed by atoms with Crippen LogP contribution < -0.4 is 10.2 Å². The van der Waals surface area contributed by atoms with Crippen LogP contribution in [-0.2, 0) is 11.0 Å². The molecule has 0 spiro atoms. The molecule has 88 heavy (non-hydrogen) atoms. The Hall–Kier alpha value is 1.62. The first-order chi connectivity index (χ1) is 42.6. The minimum atomic E-state index is -3.66. The fourth-order valence-electron chi connectivity index (χ4n) is 12.1. The van der Waals surface area contributed by atoms with E-state index in [1.807, 2.05) is 0 Å². The second kappa shape index (κ2) is 77.6. The molecule has 0 amide bonds. The molecule has 0 N–H and O–H groups in total. The van der Waals surface area contributed by atoms with Gasteiger partial charge in [-0.25, -0.2) is 0 Å². The quantitative estimate of drug-likeness (QED) is 0.0447. The van der Waals surface area contributed by atoms with E-state index in [2.05, 4.69) is 96.9 Å². The maximum absolute atomic E-state index is 14.3. The van der Waals surface area contributed by atoms with Crippen LogP contribution in [0.3, 0.4) is 0 Å². The monoisotopic (exact) mass is 1570 g/mol. The average molecular weight is 1560 g/mol. The molecule has 8 heteroatoms. The fourth-order valence-corrected chi connectivity index (χ4v) is 65.5. The van der Waals surface area contributed by atoms with Crippen molar-refractivity contribution >= 4 is 66.3 Å². The second-order valence-electron chi connectivity index (χ2n) is 29.5. The van der Waals surface area contributed by atoms with Gasteiger partial charge in [-0.2, -0.15) is 0 Å². The van der Waals surface area contributed by atoms with Crippen LogP contribution in [0.25, 0.3) is 0 Å². The Morgan fingerprint density at radius 1 is 0.284 bits per heavy atom. The Kier molecular flexibility index (Phi) is 84.7. The van der Waals surface area contributed by atoms with E-state index in [0.29, 0.717) is 7.60 Å². The normalized spacial score (nSPS) is 11.7. The van der Waals surface area contributed by atoms with E-state index in [4.69, 9.17) is 1.41 Å². The van der Waals surface area contributed by atoms with Crippen LogP contribution in [-0.4, -0.2) is 79.5 Å². The number of hydrogen-bond acceptors (Lipinski definition) is 5. The third-order valence-electron chi connectivity index (χ3n) is 18.3. The molecule has 0 heterocycles. The maximum atomic E-state index is 14.3. The van der Waals surface area contributed by atoms with E-state index in [-0.39, 0.29) is 34.4 Å². The van der Waals surface area contributed by atoms with Crippen molar-refractivity contribution in [3.05, 3.63) is 0 Å². The van der Waals surface area contributed by atoms with Crippen LogP contribution >= 0.6 is 0 Å². The third kappa shape index (κ3) is 71.9. The molecule has 5 nitrogen and oxygen atoms in total. The standard InChI is InChI=1S/2C18H37O.2C10H19O.6C4H9.O.3Sn/c2*1-18(2)16-14-12-10-8-6-4-3-5-7-9-11-13-15-17-19;2*1-10(2)8-6-4-3-5-7-9-11;6*1-3-4-2;;;;/h2*18H,3-17H2,1-2H3;2*10H,3-8H2,1-2H3;6*1,3-4H2,2H3;;;;/q2*-1;;;;;;;;;;;;+2. The van der Waals surface area contributed by atoms with Crippen LogP contribution in [0.1, 0.15) is 431 Å². The van der Waals surface area contributed by atoms with Gasteiger partial charge in [0.15, 0.2) is 0 Å². The molecule has 0 saturated carbocycles. The second-order valence-corrected chi connectivity index (χ2v) is 58.5. The SMILES string of the molecule is CC(C)CCCCCCCCCCCCCCC[O-].CC(C)CCCCCCCCCCCCCCC[O-].CCC[CH2][Sn+2][CH2]CCC.CCC[CH2][Sn]([CH2]CCC)([O][Sn]([CH2]CCC)([CH2]CCC)[C](=O)CCCCCCC(C)C)[C](=O)CCCCCCC(C)C. The summed E-state index contributed by atoms with van der Waals surface area (Å²) in [6.07, 6.45) is 66.0. The average Bonchev–Trinajstić information content (AvgIpc) is 1.84. The van der Waals surface area contributed by atoms with E-state index in [1.54, 1.807) is 8.87 Å². The van der Waals surface area contributed by atoms with Crippen LogP contribution in [0.15, 0.2) is 0 Å². The molecule has 0 atom stereocenters. The summed E-state index contributed by atoms with van der Waals surface area (Å²) in [7, 11) is 0. The zero-order valence-electron chi connectivity index (χ0n) is 63.3. The van der Waals surface area contributed by atoms with Crippen molar-refractivity contribution in [3.8, 4) is 0 Å². The number of rotatable bonds is 66. The van der Waals surface area contributed by atoms with E-state index >= 15 is 0 Å². The van der Waals surface area contributed by atoms with Crippen LogP contribution in [0, 0.1) is 23.7 Å². The van der Waals surface area contributed by atoms with Crippen LogP contribution in [0.4, 0.5) is 0 Å². The first-order valence-corrected chi connectivity index (χ1v) is 57.5. The first kappa shape index (κ1) is 96.0. The molecular weight excluding hydrogens is 1400 g/mol. The predicted molar refractivity (Wildman–Crippen MR) is 400 cm³/mol. The summed E-state index contributed by atoms with van der Waals surface area (Å²) in [5.41, 5.74) is 0. The predicted octanol–water partition coefficient (Wildman–Crippen LogP) is 26.4. The van der Waals surface area contributed by atoms with E-state index in [0.717, 1.165) is 157 Å². The van der Waals surface area contributed by atoms with Gasteiger partial charge in [0.25, 0.3) is 0 Å². The van der Waals surface area contributed by atoms with Crippen molar-refractivity contribution < 1.29 is 21.2 Å². The summed E-state index contributed by atoms with van der Waals surface area (Å²) in [5, 5.41) is 20.5. The summed E-state index contributed by atoms with van der Waals surface area (Å²) in [6, 6.07) is 0. The zero-order valence-corrected chi connectivity index (χ0v) is 71.8. The summed E-state index contributed by atoms with van der Waals surface area (Å²) in [6.45, 7) is 32.3. The van der Waals surface area contributed by atoms with Crippen molar-refractivity contribution in [1.29, 1.82) is 0 Å². The van der Waals surface area contributed by atoms with Gasteiger partial charge >= 0.3 is 339 Å². The molecule has 0 saturated heterocycles. The van der Waals surface area contributed by atoms with Crippen molar-refractivity contribution in [2.75, 3.05) is 13.2 Å². The topological polar surface area (TPSA) is 89.5 Å². The summed E-state index contributed by atoms with van der Waals surface area (Å²) in [5.74, 6) is 3.30. The van der Waals surface area contributed by atoms with E-state index in [1.165, 1.54) is 218 Å². The van der Waals surface area contributed by atoms with Gasteiger partial charge in [-0.05, 0) is 11.8 Å². The third-order valence-corrected chi connectivity index (χ3v) is 60.0. The molecule has 0 bridgehead atoms. The molecule has 0 unspecified atom stereocenters. The Balaban J connectivity index is -0.000000619. The van der Waals surface area contributed by atoms with Crippen molar-refractivity contribution in [2.45, 2.75) is 457 Å². The Bertz CT molecular complexity index is 1210. The Morgan fingerprint density at radius 3 is 0.670 bits per heavy atom. The molecule has 0 radical (unpaired) electrons. The minimum absolute atomic E-state index is 0.122. The molecule has 0 fully saturated rings. The number of unbranched alkanes of at least 4 members (excludes halogenated alkanes) is 36. The Labute approximate surface area is 576 Å². The van der Waals surface area contributed by atoms with E-state index < -0.39 is 37.6 Å². The molecule has 0 aromatic carbocycles. The molecule has 0 aliphatic rings. The van der Waals surface area contributed by atoms with Gasteiger partial charge in [-0.1, -0.05) is 207 Å². The molecule has 0 aliphatic carbocycles. The van der Waals surface area contributed by atoms with Crippen molar-refractivity contribution in [2.24, 2.45) is 23.7 Å². The van der Waals surface area contributed by atoms with Gasteiger partial charge in [0.2, 0.25) is 0 Å². The number of hydrogen-bond donors (Lipinski definition) is 0. The molecule has 0 aromatic rings. The zero-order chi connectivity index (χ0) is 66.3. The summed E-state index contributed by atoms with van der Waals surface area (Å²) >= 11 is -7.18. The number of carbonyl (C=O) groups is 2.